The molecular weight excluding hydrogens is 299 g/mol. The van der Waals surface area contributed by atoms with E-state index in [2.05, 4.69) is 5.32 Å². The molecule has 0 aliphatic carbocycles. The standard InChI is InChI=1S/C15H18F3NO3/c1-9(2)7-12(14(21)22)19-13(20)8-10-3-5-11(6-4-10)15(16,17)18/h3-6,9,12H,7-8H2,1-2H3,(H,19,20)(H,21,22)/t12-/m1/s1. The molecule has 0 aromatic heterocycles. The van der Waals surface area contributed by atoms with Crippen molar-refractivity contribution in [1.29, 1.82) is 0 Å². The van der Waals surface area contributed by atoms with Crippen molar-refractivity contribution in [3.05, 3.63) is 35.4 Å². The van der Waals surface area contributed by atoms with Crippen molar-refractivity contribution < 1.29 is 27.9 Å². The summed E-state index contributed by atoms with van der Waals surface area (Å²) < 4.78 is 37.3. The van der Waals surface area contributed by atoms with Gasteiger partial charge in [-0.15, -0.1) is 0 Å². The Balaban J connectivity index is 2.66. The van der Waals surface area contributed by atoms with Crippen LogP contribution in [-0.4, -0.2) is 23.0 Å². The SMILES string of the molecule is CC(C)C[C@@H](NC(=O)Cc1ccc(C(F)(F)F)cc1)C(=O)O. The topological polar surface area (TPSA) is 66.4 Å². The van der Waals surface area contributed by atoms with Crippen molar-refractivity contribution in [2.75, 3.05) is 0 Å². The minimum atomic E-state index is -4.42. The third-order valence-corrected chi connectivity index (χ3v) is 2.99. The lowest BCUT2D eigenvalue weighted by Crippen LogP contribution is -2.42. The molecule has 0 saturated heterocycles. The molecule has 0 aliphatic rings. The molecule has 1 aromatic carbocycles. The van der Waals surface area contributed by atoms with E-state index in [4.69, 9.17) is 5.11 Å². The van der Waals surface area contributed by atoms with Crippen LogP contribution in [0.5, 0.6) is 0 Å². The summed E-state index contributed by atoms with van der Waals surface area (Å²) in [6.07, 6.45) is -4.31. The van der Waals surface area contributed by atoms with Gasteiger partial charge in [-0.25, -0.2) is 4.79 Å². The number of rotatable bonds is 6. The van der Waals surface area contributed by atoms with E-state index in [0.29, 0.717) is 5.56 Å². The summed E-state index contributed by atoms with van der Waals surface area (Å²) in [6.45, 7) is 3.66. The van der Waals surface area contributed by atoms with Crippen LogP contribution in [0.15, 0.2) is 24.3 Å². The lowest BCUT2D eigenvalue weighted by Gasteiger charge is -2.16. The number of carbonyl (C=O) groups is 2. The number of carbonyl (C=O) groups excluding carboxylic acids is 1. The molecule has 122 valence electrons. The zero-order chi connectivity index (χ0) is 16.9. The van der Waals surface area contributed by atoms with Gasteiger partial charge >= 0.3 is 12.1 Å². The van der Waals surface area contributed by atoms with Crippen LogP contribution in [0, 0.1) is 5.92 Å². The molecule has 22 heavy (non-hydrogen) atoms. The molecule has 0 fully saturated rings. The van der Waals surface area contributed by atoms with E-state index in [-0.39, 0.29) is 18.8 Å². The first-order valence-corrected chi connectivity index (χ1v) is 6.78. The van der Waals surface area contributed by atoms with Gasteiger partial charge in [0.1, 0.15) is 6.04 Å². The molecule has 0 bridgehead atoms. The zero-order valence-electron chi connectivity index (χ0n) is 12.3. The fourth-order valence-corrected chi connectivity index (χ4v) is 1.94. The van der Waals surface area contributed by atoms with Crippen LogP contribution in [-0.2, 0) is 22.2 Å². The number of amides is 1. The number of halogens is 3. The average molecular weight is 317 g/mol. The minimum absolute atomic E-state index is 0.0902. The highest BCUT2D eigenvalue weighted by Gasteiger charge is 2.30. The summed E-state index contributed by atoms with van der Waals surface area (Å²) in [4.78, 5) is 22.8. The van der Waals surface area contributed by atoms with Gasteiger partial charge in [-0.05, 0) is 30.0 Å². The van der Waals surface area contributed by atoms with Gasteiger partial charge in [-0.2, -0.15) is 13.2 Å². The summed E-state index contributed by atoms with van der Waals surface area (Å²) in [6, 6.07) is 3.21. The number of carboxylic acids is 1. The van der Waals surface area contributed by atoms with Crippen molar-refractivity contribution in [2.45, 2.75) is 38.9 Å². The maximum Gasteiger partial charge on any atom is 0.416 e. The van der Waals surface area contributed by atoms with Crippen LogP contribution < -0.4 is 5.32 Å². The lowest BCUT2D eigenvalue weighted by molar-refractivity contribution is -0.142. The lowest BCUT2D eigenvalue weighted by atomic mass is 10.0. The van der Waals surface area contributed by atoms with Crippen molar-refractivity contribution >= 4 is 11.9 Å². The molecule has 1 rings (SSSR count). The Morgan fingerprint density at radius 1 is 1.18 bits per heavy atom. The van der Waals surface area contributed by atoms with E-state index in [1.807, 2.05) is 13.8 Å². The summed E-state index contributed by atoms with van der Waals surface area (Å²) in [5, 5.41) is 11.4. The van der Waals surface area contributed by atoms with E-state index < -0.39 is 29.7 Å². The van der Waals surface area contributed by atoms with Gasteiger partial charge in [0.05, 0.1) is 12.0 Å². The quantitative estimate of drug-likeness (QED) is 0.848. The maximum atomic E-state index is 12.4. The van der Waals surface area contributed by atoms with Crippen molar-refractivity contribution in [3.63, 3.8) is 0 Å². The third kappa shape index (κ3) is 5.75. The number of benzene rings is 1. The van der Waals surface area contributed by atoms with Gasteiger partial charge in [0.25, 0.3) is 0 Å². The Morgan fingerprint density at radius 3 is 2.14 bits per heavy atom. The Kier molecular flexibility index (Phi) is 5.96. The monoisotopic (exact) mass is 317 g/mol. The van der Waals surface area contributed by atoms with E-state index >= 15 is 0 Å². The number of hydrogen-bond acceptors (Lipinski definition) is 2. The van der Waals surface area contributed by atoms with E-state index in [0.717, 1.165) is 12.1 Å². The highest BCUT2D eigenvalue weighted by molar-refractivity contribution is 5.84. The van der Waals surface area contributed by atoms with Crippen LogP contribution in [0.4, 0.5) is 13.2 Å². The van der Waals surface area contributed by atoms with Gasteiger partial charge in [0, 0.05) is 0 Å². The Morgan fingerprint density at radius 2 is 1.73 bits per heavy atom. The third-order valence-electron chi connectivity index (χ3n) is 2.99. The van der Waals surface area contributed by atoms with E-state index in [1.165, 1.54) is 12.1 Å². The molecule has 1 atom stereocenters. The molecule has 2 N–H and O–H groups in total. The summed E-state index contributed by atoms with van der Waals surface area (Å²) in [7, 11) is 0. The van der Waals surface area contributed by atoms with Gasteiger partial charge < -0.3 is 10.4 Å². The second-order valence-corrected chi connectivity index (χ2v) is 5.46. The highest BCUT2D eigenvalue weighted by atomic mass is 19.4. The Hall–Kier alpha value is -2.05. The number of aliphatic carboxylic acids is 1. The number of carboxylic acid groups (broad SMARTS) is 1. The van der Waals surface area contributed by atoms with E-state index in [1.54, 1.807) is 0 Å². The molecule has 1 aromatic rings. The zero-order valence-corrected chi connectivity index (χ0v) is 12.3. The van der Waals surface area contributed by atoms with Gasteiger partial charge in [-0.1, -0.05) is 26.0 Å². The number of alkyl halides is 3. The van der Waals surface area contributed by atoms with Crippen molar-refractivity contribution in [2.24, 2.45) is 5.92 Å². The molecule has 0 heterocycles. The predicted octanol–water partition coefficient (Wildman–Crippen LogP) is 2.86. The second-order valence-electron chi connectivity index (χ2n) is 5.46. The summed E-state index contributed by atoms with van der Waals surface area (Å²) in [5.74, 6) is -1.57. The molecule has 0 spiro atoms. The number of hydrogen-bond donors (Lipinski definition) is 2. The number of nitrogens with one attached hydrogen (secondary N) is 1. The molecule has 0 unspecified atom stereocenters. The van der Waals surface area contributed by atoms with E-state index in [9.17, 15) is 22.8 Å². The molecule has 0 aliphatic heterocycles. The van der Waals surface area contributed by atoms with Crippen LogP contribution >= 0.6 is 0 Å². The molecule has 0 radical (unpaired) electrons. The van der Waals surface area contributed by atoms with Gasteiger partial charge in [-0.3, -0.25) is 4.79 Å². The average Bonchev–Trinajstić information content (AvgIpc) is 2.36. The van der Waals surface area contributed by atoms with Crippen LogP contribution in [0.2, 0.25) is 0 Å². The molecule has 1 amide bonds. The maximum absolute atomic E-state index is 12.4. The first-order chi connectivity index (χ1) is 10.1. The van der Waals surface area contributed by atoms with Gasteiger partial charge in [0.15, 0.2) is 0 Å². The Labute approximate surface area is 126 Å². The Bertz CT molecular complexity index is 524. The summed E-state index contributed by atoms with van der Waals surface area (Å²) in [5.41, 5.74) is -0.404. The van der Waals surface area contributed by atoms with Crippen LogP contribution in [0.25, 0.3) is 0 Å². The highest BCUT2D eigenvalue weighted by Crippen LogP contribution is 2.29. The smallest absolute Gasteiger partial charge is 0.416 e. The van der Waals surface area contributed by atoms with Gasteiger partial charge in [0.2, 0.25) is 5.91 Å². The molecule has 0 saturated carbocycles. The van der Waals surface area contributed by atoms with Crippen LogP contribution in [0.3, 0.4) is 0 Å². The predicted molar refractivity (Wildman–Crippen MR) is 74.2 cm³/mol. The minimum Gasteiger partial charge on any atom is -0.480 e. The molecular formula is C15H18F3NO3. The summed E-state index contributed by atoms with van der Waals surface area (Å²) >= 11 is 0. The normalized spacial score (nSPS) is 13.0. The van der Waals surface area contributed by atoms with Crippen molar-refractivity contribution in [1.82, 2.24) is 5.32 Å². The fraction of sp³-hybridized carbons (Fsp3) is 0.467. The first kappa shape index (κ1) is 18.0. The first-order valence-electron chi connectivity index (χ1n) is 6.78. The molecule has 4 nitrogen and oxygen atoms in total. The largest absolute Gasteiger partial charge is 0.480 e. The molecule has 7 heteroatoms. The fourth-order valence-electron chi connectivity index (χ4n) is 1.94. The second kappa shape index (κ2) is 7.29. The van der Waals surface area contributed by atoms with Crippen molar-refractivity contribution in [3.8, 4) is 0 Å². The van der Waals surface area contributed by atoms with Crippen LogP contribution in [0.1, 0.15) is 31.4 Å².